The lowest BCUT2D eigenvalue weighted by molar-refractivity contribution is -0.384. The molecule has 0 amide bonds. The Kier molecular flexibility index (Phi) is 6.71. The Morgan fingerprint density at radius 3 is 2.50 bits per heavy atom. The maximum Gasteiger partial charge on any atom is 0.269 e. The van der Waals surface area contributed by atoms with E-state index in [2.05, 4.69) is 20.3 Å². The molecule has 36 heavy (non-hydrogen) atoms. The highest BCUT2D eigenvalue weighted by atomic mass is 16.6. The summed E-state index contributed by atoms with van der Waals surface area (Å²) in [6.45, 7) is 1.77. The molecule has 2 fully saturated rings. The SMILES string of the molecule is C[C@H]1O[C@@H](n2c(NC3CCC(O)CC3)nc3c(OCc4ccc([N+](=O)[O-])cc4)ncnc32)[C@H](O)[C@@H]1O. The Morgan fingerprint density at radius 2 is 1.86 bits per heavy atom. The zero-order valence-corrected chi connectivity index (χ0v) is 19.6. The number of aliphatic hydroxyl groups excluding tert-OH is 3. The third kappa shape index (κ3) is 4.69. The van der Waals surface area contributed by atoms with Gasteiger partial charge >= 0.3 is 0 Å². The average molecular weight is 501 g/mol. The Balaban J connectivity index is 1.46. The molecule has 13 nitrogen and oxygen atoms in total. The van der Waals surface area contributed by atoms with Gasteiger partial charge in [-0.3, -0.25) is 14.7 Å². The van der Waals surface area contributed by atoms with Gasteiger partial charge in [0.2, 0.25) is 11.8 Å². The summed E-state index contributed by atoms with van der Waals surface area (Å²) < 4.78 is 13.4. The molecular formula is C23H28N6O7. The van der Waals surface area contributed by atoms with Gasteiger partial charge in [0.05, 0.1) is 17.1 Å². The zero-order chi connectivity index (χ0) is 25.4. The molecule has 2 aliphatic rings. The van der Waals surface area contributed by atoms with E-state index in [1.165, 1.54) is 18.5 Å². The number of rotatable bonds is 7. The van der Waals surface area contributed by atoms with Crippen molar-refractivity contribution in [2.24, 2.45) is 0 Å². The molecule has 1 saturated carbocycles. The number of imidazole rings is 1. The molecule has 2 aromatic heterocycles. The summed E-state index contributed by atoms with van der Waals surface area (Å²) in [7, 11) is 0. The van der Waals surface area contributed by atoms with Gasteiger partial charge in [-0.25, -0.2) is 9.97 Å². The Hall–Kier alpha value is -3.39. The van der Waals surface area contributed by atoms with Crippen LogP contribution in [0.1, 0.15) is 44.4 Å². The fourth-order valence-electron chi connectivity index (χ4n) is 4.65. The number of aliphatic hydroxyl groups is 3. The molecule has 3 heterocycles. The lowest BCUT2D eigenvalue weighted by Crippen LogP contribution is -2.32. The van der Waals surface area contributed by atoms with Gasteiger partial charge in [0.25, 0.3) is 5.69 Å². The summed E-state index contributed by atoms with van der Waals surface area (Å²) in [5.41, 5.74) is 1.38. The predicted octanol–water partition coefficient (Wildman–Crippen LogP) is 1.67. The van der Waals surface area contributed by atoms with E-state index in [9.17, 15) is 25.4 Å². The predicted molar refractivity (Wildman–Crippen MR) is 126 cm³/mol. The van der Waals surface area contributed by atoms with Gasteiger partial charge in [0.15, 0.2) is 17.4 Å². The van der Waals surface area contributed by atoms with Crippen LogP contribution in [0.5, 0.6) is 5.88 Å². The molecule has 1 aliphatic carbocycles. The molecule has 13 heteroatoms. The minimum atomic E-state index is -1.20. The van der Waals surface area contributed by atoms with Crippen LogP contribution in [-0.4, -0.2) is 70.2 Å². The summed E-state index contributed by atoms with van der Waals surface area (Å²) in [5.74, 6) is 0.581. The van der Waals surface area contributed by atoms with E-state index in [1.54, 1.807) is 23.6 Å². The van der Waals surface area contributed by atoms with Gasteiger partial charge in [-0.15, -0.1) is 0 Å². The summed E-state index contributed by atoms with van der Waals surface area (Å²) in [5, 5.41) is 45.1. The number of nitro groups is 1. The number of hydrogen-bond acceptors (Lipinski definition) is 11. The second-order valence-electron chi connectivity index (χ2n) is 9.23. The van der Waals surface area contributed by atoms with Gasteiger partial charge in [0, 0.05) is 18.2 Å². The first-order valence-corrected chi connectivity index (χ1v) is 11.9. The lowest BCUT2D eigenvalue weighted by atomic mass is 9.93. The van der Waals surface area contributed by atoms with Gasteiger partial charge < -0.3 is 30.1 Å². The van der Waals surface area contributed by atoms with Crippen LogP contribution in [0.25, 0.3) is 11.2 Å². The van der Waals surface area contributed by atoms with Crippen molar-refractivity contribution in [1.29, 1.82) is 0 Å². The number of nitro benzene ring substituents is 1. The van der Waals surface area contributed by atoms with E-state index in [1.807, 2.05) is 0 Å². The Labute approximate surface area is 205 Å². The highest BCUT2D eigenvalue weighted by molar-refractivity contribution is 5.79. The number of nitrogens with zero attached hydrogens (tertiary/aromatic N) is 5. The minimum absolute atomic E-state index is 0.0144. The molecule has 192 valence electrons. The molecule has 0 unspecified atom stereocenters. The molecule has 4 N–H and O–H groups in total. The second-order valence-corrected chi connectivity index (χ2v) is 9.23. The summed E-state index contributed by atoms with van der Waals surface area (Å²) in [4.78, 5) is 23.7. The smallest absolute Gasteiger partial charge is 0.269 e. The quantitative estimate of drug-likeness (QED) is 0.274. The fourth-order valence-corrected chi connectivity index (χ4v) is 4.65. The third-order valence-corrected chi connectivity index (χ3v) is 6.73. The first kappa shape index (κ1) is 24.3. The third-order valence-electron chi connectivity index (χ3n) is 6.73. The molecule has 3 aromatic rings. The lowest BCUT2D eigenvalue weighted by Gasteiger charge is -2.28. The summed E-state index contributed by atoms with van der Waals surface area (Å²) >= 11 is 0. The largest absolute Gasteiger partial charge is 0.471 e. The van der Waals surface area contributed by atoms with Crippen LogP contribution in [-0.2, 0) is 11.3 Å². The fraction of sp³-hybridized carbons (Fsp3) is 0.522. The van der Waals surface area contributed by atoms with E-state index in [0.29, 0.717) is 35.5 Å². The molecule has 1 aliphatic heterocycles. The first-order chi connectivity index (χ1) is 17.3. The van der Waals surface area contributed by atoms with Crippen LogP contribution in [0.15, 0.2) is 30.6 Å². The Morgan fingerprint density at radius 1 is 1.14 bits per heavy atom. The van der Waals surface area contributed by atoms with Gasteiger partial charge in [-0.05, 0) is 50.3 Å². The van der Waals surface area contributed by atoms with E-state index in [-0.39, 0.29) is 30.3 Å². The zero-order valence-electron chi connectivity index (χ0n) is 19.6. The number of non-ortho nitro benzene ring substituents is 1. The summed E-state index contributed by atoms with van der Waals surface area (Å²) in [6, 6.07) is 6.05. The molecule has 5 rings (SSSR count). The molecular weight excluding hydrogens is 472 g/mol. The molecule has 1 saturated heterocycles. The number of nitrogens with one attached hydrogen (secondary N) is 1. The highest BCUT2D eigenvalue weighted by Crippen LogP contribution is 2.36. The van der Waals surface area contributed by atoms with E-state index >= 15 is 0 Å². The number of benzene rings is 1. The highest BCUT2D eigenvalue weighted by Gasteiger charge is 2.43. The summed E-state index contributed by atoms with van der Waals surface area (Å²) in [6.07, 6.45) is -0.000895. The molecule has 4 atom stereocenters. The van der Waals surface area contributed by atoms with E-state index in [4.69, 9.17) is 9.47 Å². The molecule has 0 spiro atoms. The van der Waals surface area contributed by atoms with Crippen molar-refractivity contribution in [1.82, 2.24) is 19.5 Å². The van der Waals surface area contributed by atoms with Crippen LogP contribution in [0.4, 0.5) is 11.6 Å². The normalized spacial score (nSPS) is 28.3. The number of anilines is 1. The van der Waals surface area contributed by atoms with Crippen LogP contribution in [0.2, 0.25) is 0 Å². The van der Waals surface area contributed by atoms with Crippen molar-refractivity contribution in [3.8, 4) is 5.88 Å². The van der Waals surface area contributed by atoms with Crippen molar-refractivity contribution in [2.75, 3.05) is 5.32 Å². The standard InChI is InChI=1S/C23H28N6O7/c1-12-18(31)19(32)22(36-12)28-20-17(27-23(28)26-14-4-8-16(30)9-5-14)21(25-11-24-20)35-10-13-2-6-15(7-3-13)29(33)34/h2-3,6-7,11-12,14,16,18-19,22,30-32H,4-5,8-10H2,1H3,(H,26,27)/t12-,14?,16?,18-,19-,22-/m1/s1. The monoisotopic (exact) mass is 500 g/mol. The van der Waals surface area contributed by atoms with Gasteiger partial charge in [0.1, 0.15) is 25.1 Å². The van der Waals surface area contributed by atoms with Crippen molar-refractivity contribution >= 4 is 22.8 Å². The minimum Gasteiger partial charge on any atom is -0.471 e. The van der Waals surface area contributed by atoms with Crippen LogP contribution < -0.4 is 10.1 Å². The maximum atomic E-state index is 10.9. The second kappa shape index (κ2) is 9.93. The van der Waals surface area contributed by atoms with Crippen LogP contribution >= 0.6 is 0 Å². The van der Waals surface area contributed by atoms with Gasteiger partial charge in [-0.1, -0.05) is 0 Å². The van der Waals surface area contributed by atoms with Crippen molar-refractivity contribution in [3.05, 3.63) is 46.3 Å². The van der Waals surface area contributed by atoms with Crippen LogP contribution in [0, 0.1) is 10.1 Å². The van der Waals surface area contributed by atoms with E-state index < -0.39 is 29.5 Å². The number of ether oxygens (including phenoxy) is 2. The number of fused-ring (bicyclic) bond motifs is 1. The number of hydrogen-bond donors (Lipinski definition) is 4. The average Bonchev–Trinajstić information content (AvgIpc) is 3.36. The molecule has 0 bridgehead atoms. The maximum absolute atomic E-state index is 10.9. The van der Waals surface area contributed by atoms with Crippen molar-refractivity contribution < 1.29 is 29.7 Å². The topological polar surface area (TPSA) is 178 Å². The first-order valence-electron chi connectivity index (χ1n) is 11.9. The van der Waals surface area contributed by atoms with Crippen LogP contribution in [0.3, 0.4) is 0 Å². The van der Waals surface area contributed by atoms with Crippen molar-refractivity contribution in [3.63, 3.8) is 0 Å². The number of aromatic nitrogens is 4. The Bertz CT molecular complexity index is 1230. The molecule has 0 radical (unpaired) electrons. The van der Waals surface area contributed by atoms with E-state index in [0.717, 1.165) is 12.8 Å². The molecule has 1 aromatic carbocycles. The van der Waals surface area contributed by atoms with Gasteiger partial charge in [-0.2, -0.15) is 4.98 Å². The van der Waals surface area contributed by atoms with Crippen molar-refractivity contribution in [2.45, 2.75) is 75.9 Å².